The molecular weight excluding hydrogens is 303 g/mol. The van der Waals surface area contributed by atoms with Crippen LogP contribution in [0.25, 0.3) is 0 Å². The SMILES string of the molecule is CCc1nc(C(F)(F)F)c(C(=O)O)c(CC(C)C)c1C(=O)O. The van der Waals surface area contributed by atoms with Crippen LogP contribution in [0.5, 0.6) is 0 Å². The summed E-state index contributed by atoms with van der Waals surface area (Å²) in [7, 11) is 0. The molecule has 22 heavy (non-hydrogen) atoms. The number of nitrogens with zero attached hydrogens (tertiary/aromatic N) is 1. The van der Waals surface area contributed by atoms with Crippen molar-refractivity contribution in [2.75, 3.05) is 0 Å². The van der Waals surface area contributed by atoms with Crippen molar-refractivity contribution >= 4 is 11.9 Å². The molecule has 2 N–H and O–H groups in total. The molecule has 0 unspecified atom stereocenters. The highest BCUT2D eigenvalue weighted by atomic mass is 19.4. The lowest BCUT2D eigenvalue weighted by molar-refractivity contribution is -0.141. The van der Waals surface area contributed by atoms with Crippen molar-refractivity contribution in [1.29, 1.82) is 0 Å². The standard InChI is InChI=1S/C14H16F3NO4/c1-4-8-9(12(19)20)7(5-6(2)3)10(13(21)22)11(18-8)14(15,16)17/h6H,4-5H2,1-3H3,(H,19,20)(H,21,22). The normalized spacial score (nSPS) is 11.8. The number of pyridine rings is 1. The highest BCUT2D eigenvalue weighted by Gasteiger charge is 2.41. The minimum atomic E-state index is -4.97. The van der Waals surface area contributed by atoms with E-state index >= 15 is 0 Å². The lowest BCUT2D eigenvalue weighted by atomic mass is 9.90. The van der Waals surface area contributed by atoms with Crippen molar-refractivity contribution in [3.05, 3.63) is 28.1 Å². The van der Waals surface area contributed by atoms with Crippen LogP contribution in [-0.4, -0.2) is 27.1 Å². The Bertz CT molecular complexity index is 609. The van der Waals surface area contributed by atoms with Gasteiger partial charge < -0.3 is 10.2 Å². The Morgan fingerprint density at radius 3 is 1.95 bits per heavy atom. The van der Waals surface area contributed by atoms with Gasteiger partial charge >= 0.3 is 18.1 Å². The molecule has 0 amide bonds. The molecule has 8 heteroatoms. The molecule has 1 rings (SSSR count). The van der Waals surface area contributed by atoms with E-state index in [0.29, 0.717) is 0 Å². The van der Waals surface area contributed by atoms with E-state index in [9.17, 15) is 27.9 Å². The zero-order valence-electron chi connectivity index (χ0n) is 12.3. The third-order valence-electron chi connectivity index (χ3n) is 3.02. The largest absolute Gasteiger partial charge is 0.478 e. The van der Waals surface area contributed by atoms with Crippen molar-refractivity contribution in [2.24, 2.45) is 5.92 Å². The Balaban J connectivity index is 3.92. The van der Waals surface area contributed by atoms with Gasteiger partial charge in [0, 0.05) is 0 Å². The van der Waals surface area contributed by atoms with Gasteiger partial charge in [-0.15, -0.1) is 0 Å². The summed E-state index contributed by atoms with van der Waals surface area (Å²) in [6, 6.07) is 0. The average Bonchev–Trinajstić information content (AvgIpc) is 2.34. The number of hydrogen-bond donors (Lipinski definition) is 2. The van der Waals surface area contributed by atoms with E-state index in [1.165, 1.54) is 6.92 Å². The number of carboxylic acid groups (broad SMARTS) is 2. The van der Waals surface area contributed by atoms with Gasteiger partial charge in [-0.3, -0.25) is 0 Å². The van der Waals surface area contributed by atoms with Crippen molar-refractivity contribution in [1.82, 2.24) is 4.98 Å². The molecule has 0 aromatic carbocycles. The Morgan fingerprint density at radius 2 is 1.64 bits per heavy atom. The zero-order chi connectivity index (χ0) is 17.2. The second-order valence-electron chi connectivity index (χ2n) is 5.20. The monoisotopic (exact) mass is 319 g/mol. The van der Waals surface area contributed by atoms with E-state index in [0.717, 1.165) is 0 Å². The van der Waals surface area contributed by atoms with E-state index in [-0.39, 0.29) is 30.0 Å². The molecule has 0 saturated carbocycles. The van der Waals surface area contributed by atoms with E-state index in [1.807, 2.05) is 0 Å². The first-order valence-corrected chi connectivity index (χ1v) is 6.60. The van der Waals surface area contributed by atoms with Crippen LogP contribution in [0.4, 0.5) is 13.2 Å². The van der Waals surface area contributed by atoms with Crippen LogP contribution in [0.2, 0.25) is 0 Å². The number of halogens is 3. The van der Waals surface area contributed by atoms with Gasteiger partial charge in [-0.25, -0.2) is 14.6 Å². The van der Waals surface area contributed by atoms with Gasteiger partial charge in [0.2, 0.25) is 0 Å². The van der Waals surface area contributed by atoms with Crippen LogP contribution in [0.1, 0.15) is 58.4 Å². The summed E-state index contributed by atoms with van der Waals surface area (Å²) >= 11 is 0. The van der Waals surface area contributed by atoms with E-state index < -0.39 is 34.9 Å². The van der Waals surface area contributed by atoms with Gasteiger partial charge in [-0.05, 0) is 24.3 Å². The van der Waals surface area contributed by atoms with Crippen LogP contribution in [0.15, 0.2) is 0 Å². The fourth-order valence-electron chi connectivity index (χ4n) is 2.25. The number of alkyl halides is 3. The maximum absolute atomic E-state index is 13.1. The maximum atomic E-state index is 13.1. The summed E-state index contributed by atoms with van der Waals surface area (Å²) < 4.78 is 39.3. The Morgan fingerprint density at radius 1 is 1.14 bits per heavy atom. The maximum Gasteiger partial charge on any atom is 0.434 e. The molecule has 0 spiro atoms. The van der Waals surface area contributed by atoms with Crippen molar-refractivity contribution in [3.63, 3.8) is 0 Å². The predicted octanol–water partition coefficient (Wildman–Crippen LogP) is 3.26. The molecule has 1 aromatic heterocycles. The van der Waals surface area contributed by atoms with Gasteiger partial charge in [0.25, 0.3) is 0 Å². The lowest BCUT2D eigenvalue weighted by Gasteiger charge is -2.19. The number of carbonyl (C=O) groups is 2. The number of hydrogen-bond acceptors (Lipinski definition) is 3. The van der Waals surface area contributed by atoms with Gasteiger partial charge in [0.15, 0.2) is 5.69 Å². The number of aryl methyl sites for hydroxylation is 1. The van der Waals surface area contributed by atoms with Crippen LogP contribution in [-0.2, 0) is 19.0 Å². The summed E-state index contributed by atoms with van der Waals surface area (Å²) in [5, 5.41) is 18.4. The first-order valence-electron chi connectivity index (χ1n) is 6.60. The van der Waals surface area contributed by atoms with Crippen LogP contribution in [0.3, 0.4) is 0 Å². The minimum Gasteiger partial charge on any atom is -0.478 e. The molecule has 0 saturated heterocycles. The zero-order valence-corrected chi connectivity index (χ0v) is 12.3. The van der Waals surface area contributed by atoms with Gasteiger partial charge in [0.05, 0.1) is 16.8 Å². The Labute approximate surface area is 124 Å². The molecule has 122 valence electrons. The molecule has 0 fully saturated rings. The van der Waals surface area contributed by atoms with Crippen LogP contribution in [0, 0.1) is 5.92 Å². The Kier molecular flexibility index (Phi) is 5.16. The molecule has 1 aromatic rings. The molecule has 5 nitrogen and oxygen atoms in total. The van der Waals surface area contributed by atoms with Crippen molar-refractivity contribution in [2.45, 2.75) is 39.8 Å². The first kappa shape index (κ1) is 17.9. The smallest absolute Gasteiger partial charge is 0.434 e. The van der Waals surface area contributed by atoms with Gasteiger partial charge in [-0.1, -0.05) is 20.8 Å². The van der Waals surface area contributed by atoms with Crippen molar-refractivity contribution < 1.29 is 33.0 Å². The number of aromatic nitrogens is 1. The molecule has 0 atom stereocenters. The van der Waals surface area contributed by atoms with E-state index in [2.05, 4.69) is 4.98 Å². The van der Waals surface area contributed by atoms with E-state index in [4.69, 9.17) is 5.11 Å². The minimum absolute atomic E-state index is 0.0459. The number of rotatable bonds is 5. The second-order valence-corrected chi connectivity index (χ2v) is 5.20. The molecule has 1 heterocycles. The molecule has 0 aliphatic heterocycles. The van der Waals surface area contributed by atoms with E-state index in [1.54, 1.807) is 13.8 Å². The first-order chi connectivity index (χ1) is 10.0. The fraction of sp³-hybridized carbons (Fsp3) is 0.500. The molecule has 0 aliphatic rings. The molecule has 0 radical (unpaired) electrons. The molecular formula is C14H16F3NO4. The quantitative estimate of drug-likeness (QED) is 0.870. The third-order valence-corrected chi connectivity index (χ3v) is 3.02. The predicted molar refractivity (Wildman–Crippen MR) is 71.1 cm³/mol. The highest BCUT2D eigenvalue weighted by Crippen LogP contribution is 2.35. The summed E-state index contributed by atoms with van der Waals surface area (Å²) in [6.07, 6.45) is -5.11. The third kappa shape index (κ3) is 3.55. The number of carboxylic acids is 2. The summed E-state index contributed by atoms with van der Waals surface area (Å²) in [5.74, 6) is -3.53. The molecule has 0 aliphatic carbocycles. The highest BCUT2D eigenvalue weighted by molar-refractivity contribution is 5.98. The summed E-state index contributed by atoms with van der Waals surface area (Å²) in [6.45, 7) is 4.79. The van der Waals surface area contributed by atoms with Crippen molar-refractivity contribution in [3.8, 4) is 0 Å². The van der Waals surface area contributed by atoms with Crippen LogP contribution < -0.4 is 0 Å². The summed E-state index contributed by atoms with van der Waals surface area (Å²) in [5.41, 5.74) is -3.65. The lowest BCUT2D eigenvalue weighted by Crippen LogP contribution is -2.24. The van der Waals surface area contributed by atoms with Crippen LogP contribution >= 0.6 is 0 Å². The van der Waals surface area contributed by atoms with Gasteiger partial charge in [0.1, 0.15) is 0 Å². The topological polar surface area (TPSA) is 87.5 Å². The van der Waals surface area contributed by atoms with Gasteiger partial charge in [-0.2, -0.15) is 13.2 Å². The Hall–Kier alpha value is -2.12. The fourth-order valence-corrected chi connectivity index (χ4v) is 2.25. The average molecular weight is 319 g/mol. The number of aromatic carboxylic acids is 2. The molecule has 0 bridgehead atoms. The summed E-state index contributed by atoms with van der Waals surface area (Å²) in [4.78, 5) is 26.0. The second kappa shape index (κ2) is 6.33.